The zero-order valence-corrected chi connectivity index (χ0v) is 18.9. The Bertz CT molecular complexity index is 1050. The third-order valence-corrected chi connectivity index (χ3v) is 6.49. The van der Waals surface area contributed by atoms with Crippen LogP contribution in [0.1, 0.15) is 52.7 Å². The van der Waals surface area contributed by atoms with Crippen molar-refractivity contribution >= 4 is 29.1 Å². The van der Waals surface area contributed by atoms with Crippen molar-refractivity contribution in [3.05, 3.63) is 76.6 Å². The van der Waals surface area contributed by atoms with Crippen LogP contribution in [0.2, 0.25) is 0 Å². The fourth-order valence-corrected chi connectivity index (χ4v) is 4.71. The van der Waals surface area contributed by atoms with E-state index in [9.17, 15) is 14.4 Å². The van der Waals surface area contributed by atoms with Crippen molar-refractivity contribution in [2.45, 2.75) is 44.3 Å². The molecule has 0 bridgehead atoms. The lowest BCUT2D eigenvalue weighted by Gasteiger charge is -2.32. The monoisotopic (exact) mass is 466 g/mol. The maximum absolute atomic E-state index is 13.5. The number of hydrogen-bond donors (Lipinski definition) is 2. The molecule has 0 aliphatic heterocycles. The number of carbonyl (C=O) groups excluding carboxylic acids is 3. The van der Waals surface area contributed by atoms with Crippen LogP contribution in [0.15, 0.2) is 64.9 Å². The molecule has 0 aromatic carbocycles. The van der Waals surface area contributed by atoms with Crippen LogP contribution in [0.25, 0.3) is 0 Å². The van der Waals surface area contributed by atoms with Gasteiger partial charge in [-0.1, -0.05) is 25.0 Å². The molecule has 1 atom stereocenters. The Labute approximate surface area is 196 Å². The van der Waals surface area contributed by atoms with Crippen LogP contribution < -0.4 is 10.6 Å². The zero-order chi connectivity index (χ0) is 23.0. The number of furan rings is 1. The van der Waals surface area contributed by atoms with Crippen molar-refractivity contribution in [1.29, 1.82) is 0 Å². The van der Waals surface area contributed by atoms with Crippen LogP contribution in [0, 0.1) is 0 Å². The molecule has 1 aliphatic carbocycles. The maximum atomic E-state index is 13.5. The largest absolute Gasteiger partial charge is 0.459 e. The number of nitrogens with one attached hydrogen (secondary N) is 2. The summed E-state index contributed by atoms with van der Waals surface area (Å²) in [5.74, 6) is -0.982. The first-order chi connectivity index (χ1) is 16.1. The lowest BCUT2D eigenvalue weighted by atomic mass is 10.0. The molecule has 3 heterocycles. The predicted octanol–water partition coefficient (Wildman–Crippen LogP) is 3.29. The number of carbonyl (C=O) groups is 3. The molecule has 0 saturated heterocycles. The van der Waals surface area contributed by atoms with Crippen molar-refractivity contribution in [1.82, 2.24) is 20.5 Å². The number of hydrogen-bond acceptors (Lipinski definition) is 6. The zero-order valence-electron chi connectivity index (χ0n) is 18.1. The second-order valence-electron chi connectivity index (χ2n) is 7.94. The number of pyridine rings is 1. The molecule has 0 radical (unpaired) electrons. The van der Waals surface area contributed by atoms with Gasteiger partial charge in [0.25, 0.3) is 5.91 Å². The number of rotatable bonds is 9. The molecule has 172 valence electrons. The molecule has 9 heteroatoms. The third kappa shape index (κ3) is 5.87. The van der Waals surface area contributed by atoms with Crippen LogP contribution >= 0.6 is 11.3 Å². The predicted molar refractivity (Wildman–Crippen MR) is 123 cm³/mol. The minimum Gasteiger partial charge on any atom is -0.459 e. The average molecular weight is 467 g/mol. The van der Waals surface area contributed by atoms with E-state index in [2.05, 4.69) is 15.6 Å². The first kappa shape index (κ1) is 22.7. The van der Waals surface area contributed by atoms with Gasteiger partial charge in [0.15, 0.2) is 5.76 Å². The number of aromatic nitrogens is 1. The van der Waals surface area contributed by atoms with E-state index in [0.29, 0.717) is 5.56 Å². The van der Waals surface area contributed by atoms with Gasteiger partial charge in [0, 0.05) is 28.9 Å². The molecule has 3 aromatic rings. The van der Waals surface area contributed by atoms with E-state index in [0.717, 1.165) is 30.6 Å². The Hall–Kier alpha value is -3.46. The van der Waals surface area contributed by atoms with Gasteiger partial charge >= 0.3 is 0 Å². The normalized spacial score (nSPS) is 14.5. The van der Waals surface area contributed by atoms with Crippen molar-refractivity contribution in [3.8, 4) is 0 Å². The van der Waals surface area contributed by atoms with Crippen LogP contribution in [0.3, 0.4) is 0 Å². The Morgan fingerprint density at radius 2 is 2.00 bits per heavy atom. The highest BCUT2D eigenvalue weighted by atomic mass is 32.1. The summed E-state index contributed by atoms with van der Waals surface area (Å²) < 4.78 is 5.09. The molecule has 33 heavy (non-hydrogen) atoms. The van der Waals surface area contributed by atoms with Gasteiger partial charge in [-0.3, -0.25) is 19.4 Å². The smallest absolute Gasteiger partial charge is 0.287 e. The van der Waals surface area contributed by atoms with Crippen LogP contribution in [-0.2, 0) is 16.1 Å². The first-order valence-corrected chi connectivity index (χ1v) is 11.8. The van der Waals surface area contributed by atoms with Crippen LogP contribution in [0.5, 0.6) is 0 Å². The molecule has 3 aromatic heterocycles. The fraction of sp³-hybridized carbons (Fsp3) is 0.333. The van der Waals surface area contributed by atoms with Crippen molar-refractivity contribution in [2.24, 2.45) is 0 Å². The highest BCUT2D eigenvalue weighted by Gasteiger charge is 2.33. The number of thiophene rings is 1. The summed E-state index contributed by atoms with van der Waals surface area (Å²) in [6, 6.07) is 9.73. The summed E-state index contributed by atoms with van der Waals surface area (Å²) in [6.45, 7) is -0.0247. The van der Waals surface area contributed by atoms with Gasteiger partial charge in [0.2, 0.25) is 11.8 Å². The fourth-order valence-electron chi connectivity index (χ4n) is 4.01. The Morgan fingerprint density at radius 1 is 1.15 bits per heavy atom. The van der Waals surface area contributed by atoms with E-state index in [1.807, 2.05) is 17.5 Å². The summed E-state index contributed by atoms with van der Waals surface area (Å²) in [6.07, 6.45) is 8.66. The second-order valence-corrected chi connectivity index (χ2v) is 8.97. The standard InChI is InChI=1S/C24H26N4O4S/c29-21(15-26-23(30)20-10-4-12-32-20)28(16-19-9-5-13-33-19)22(17-6-3-11-25-14-17)24(31)27-18-7-1-2-8-18/h3-6,9-14,18,22H,1-2,7-8,15-16H2,(H,26,30)(H,27,31)/t22-/m0/s1. The highest BCUT2D eigenvalue weighted by Crippen LogP contribution is 2.26. The molecular formula is C24H26N4O4S. The van der Waals surface area contributed by atoms with Gasteiger partial charge < -0.3 is 20.0 Å². The molecule has 2 N–H and O–H groups in total. The molecule has 1 aliphatic rings. The lowest BCUT2D eigenvalue weighted by molar-refractivity contribution is -0.141. The van der Waals surface area contributed by atoms with E-state index < -0.39 is 11.9 Å². The molecule has 0 unspecified atom stereocenters. The minimum atomic E-state index is -0.866. The maximum Gasteiger partial charge on any atom is 0.287 e. The summed E-state index contributed by atoms with van der Waals surface area (Å²) in [7, 11) is 0. The summed E-state index contributed by atoms with van der Waals surface area (Å²) in [5.41, 5.74) is 0.621. The van der Waals surface area contributed by atoms with Gasteiger partial charge in [0.05, 0.1) is 19.4 Å². The molecule has 8 nitrogen and oxygen atoms in total. The quantitative estimate of drug-likeness (QED) is 0.504. The minimum absolute atomic E-state index is 0.106. The topological polar surface area (TPSA) is 105 Å². The Balaban J connectivity index is 1.58. The van der Waals surface area contributed by atoms with Crippen LogP contribution in [0.4, 0.5) is 0 Å². The van der Waals surface area contributed by atoms with Gasteiger partial charge in [0.1, 0.15) is 6.04 Å². The van der Waals surface area contributed by atoms with Gasteiger partial charge in [-0.05, 0) is 42.5 Å². The van der Waals surface area contributed by atoms with Crippen LogP contribution in [-0.4, -0.2) is 40.2 Å². The number of nitrogens with zero attached hydrogens (tertiary/aromatic N) is 2. The van der Waals surface area contributed by atoms with E-state index in [4.69, 9.17) is 4.42 Å². The highest BCUT2D eigenvalue weighted by molar-refractivity contribution is 7.09. The molecule has 3 amide bonds. The first-order valence-electron chi connectivity index (χ1n) is 11.0. The lowest BCUT2D eigenvalue weighted by Crippen LogP contribution is -2.48. The van der Waals surface area contributed by atoms with E-state index in [1.165, 1.54) is 28.6 Å². The molecular weight excluding hydrogens is 440 g/mol. The van der Waals surface area contributed by atoms with E-state index in [-0.39, 0.29) is 36.7 Å². The Kier molecular flexibility index (Phi) is 7.51. The summed E-state index contributed by atoms with van der Waals surface area (Å²) >= 11 is 1.50. The van der Waals surface area contributed by atoms with Gasteiger partial charge in [-0.25, -0.2) is 0 Å². The van der Waals surface area contributed by atoms with E-state index >= 15 is 0 Å². The SMILES string of the molecule is O=C(NCC(=O)N(Cc1cccs1)[C@H](C(=O)NC1CCCC1)c1cccnc1)c1ccco1. The van der Waals surface area contributed by atoms with Crippen molar-refractivity contribution in [3.63, 3.8) is 0 Å². The summed E-state index contributed by atoms with van der Waals surface area (Å²) in [4.78, 5) is 45.8. The van der Waals surface area contributed by atoms with Crippen molar-refractivity contribution in [2.75, 3.05) is 6.54 Å². The van der Waals surface area contributed by atoms with Crippen molar-refractivity contribution < 1.29 is 18.8 Å². The Morgan fingerprint density at radius 3 is 2.67 bits per heavy atom. The molecule has 1 fully saturated rings. The molecule has 1 saturated carbocycles. The summed E-state index contributed by atoms with van der Waals surface area (Å²) in [5, 5.41) is 7.64. The van der Waals surface area contributed by atoms with Gasteiger partial charge in [-0.15, -0.1) is 11.3 Å². The average Bonchev–Trinajstić information content (AvgIpc) is 3.61. The van der Waals surface area contributed by atoms with Gasteiger partial charge in [-0.2, -0.15) is 0 Å². The van der Waals surface area contributed by atoms with E-state index in [1.54, 1.807) is 30.6 Å². The number of amides is 3. The molecule has 4 rings (SSSR count). The second kappa shape index (κ2) is 10.9. The third-order valence-electron chi connectivity index (χ3n) is 5.63. The molecule has 0 spiro atoms.